The molecule has 1 atom stereocenters. The predicted octanol–water partition coefficient (Wildman–Crippen LogP) is 4.87. The minimum absolute atomic E-state index is 0.0289. The van der Waals surface area contributed by atoms with Crippen LogP contribution >= 0.6 is 0 Å². The van der Waals surface area contributed by atoms with Gasteiger partial charge >= 0.3 is 10.4 Å². The van der Waals surface area contributed by atoms with Crippen LogP contribution in [-0.2, 0) is 19.4 Å². The molecule has 4 N–H and O–H groups in total. The highest BCUT2D eigenvalue weighted by Gasteiger charge is 2.00. The van der Waals surface area contributed by atoms with Crippen molar-refractivity contribution in [2.75, 3.05) is 27.2 Å². The summed E-state index contributed by atoms with van der Waals surface area (Å²) in [6, 6.07) is 0. The van der Waals surface area contributed by atoms with Gasteiger partial charge in [0, 0.05) is 6.42 Å². The Morgan fingerprint density at radius 1 is 0.970 bits per heavy atom. The molecule has 8 nitrogen and oxygen atoms in total. The lowest BCUT2D eigenvalue weighted by Crippen LogP contribution is -2.09. The van der Waals surface area contributed by atoms with Gasteiger partial charge in [0.25, 0.3) is 0 Å². The van der Waals surface area contributed by atoms with Gasteiger partial charge in [-0.1, -0.05) is 70.9 Å². The smallest absolute Gasteiger partial charge is 0.393 e. The van der Waals surface area contributed by atoms with Crippen molar-refractivity contribution < 1.29 is 27.1 Å². The number of carbonyl (C=O) groups excluding carboxylic acids is 1. The molecule has 0 bridgehead atoms. The second-order valence-electron chi connectivity index (χ2n) is 8.21. The molecule has 0 aromatic heterocycles. The number of carbonyl (C=O) groups is 1. The van der Waals surface area contributed by atoms with Crippen molar-refractivity contribution in [3.63, 3.8) is 0 Å². The van der Waals surface area contributed by atoms with Crippen molar-refractivity contribution >= 4 is 16.3 Å². The molecule has 1 unspecified atom stereocenters. The van der Waals surface area contributed by atoms with Gasteiger partial charge in [0.1, 0.15) is 0 Å². The first-order chi connectivity index (χ1) is 15.5. The fourth-order valence-electron chi connectivity index (χ4n) is 2.54. The first kappa shape index (κ1) is 36.6. The van der Waals surface area contributed by atoms with E-state index < -0.39 is 10.4 Å². The Hall–Kier alpha value is -1.00. The molecule has 0 aliphatic carbocycles. The average Bonchev–Trinajstić information content (AvgIpc) is 2.72. The summed E-state index contributed by atoms with van der Waals surface area (Å²) in [6.45, 7) is 6.91. The standard InChI is InChI=1S/C18H35NO2.C4H11N.C2H6O4S/c1-2-3-4-11-14-17(20)15-12-9-7-5-6-8-10-13-16-18(19)21;1-4-5(2)3;1-2-6-7(3,4)5/h9,12,17,20H,2-8,10-11,13-16H2,1H3,(H2,19,21);4H2,1-3H3;2H2,1H3,(H,3,4,5)/b12-9-;;. The van der Waals surface area contributed by atoms with Crippen molar-refractivity contribution in [1.82, 2.24) is 4.90 Å². The highest BCUT2D eigenvalue weighted by atomic mass is 32.3. The fraction of sp³-hybridized carbons (Fsp3) is 0.875. The lowest BCUT2D eigenvalue weighted by atomic mass is 10.1. The van der Waals surface area contributed by atoms with Gasteiger partial charge in [-0.05, 0) is 59.7 Å². The second kappa shape index (κ2) is 27.2. The van der Waals surface area contributed by atoms with E-state index in [9.17, 15) is 18.3 Å². The van der Waals surface area contributed by atoms with Crippen molar-refractivity contribution in [3.05, 3.63) is 12.2 Å². The third-order valence-electron chi connectivity index (χ3n) is 4.66. The Bertz CT molecular complexity index is 539. The molecule has 9 heteroatoms. The van der Waals surface area contributed by atoms with E-state index in [1.165, 1.54) is 45.4 Å². The fourth-order valence-corrected chi connectivity index (χ4v) is 2.83. The molecule has 0 fully saturated rings. The van der Waals surface area contributed by atoms with Crippen LogP contribution in [-0.4, -0.2) is 62.2 Å². The predicted molar refractivity (Wildman–Crippen MR) is 137 cm³/mol. The number of hydrogen-bond acceptors (Lipinski definition) is 6. The number of amides is 1. The maximum atomic E-state index is 10.6. The van der Waals surface area contributed by atoms with Crippen LogP contribution in [0.5, 0.6) is 0 Å². The molecule has 0 heterocycles. The molecule has 200 valence electrons. The molecule has 33 heavy (non-hydrogen) atoms. The van der Waals surface area contributed by atoms with E-state index in [0.717, 1.165) is 45.1 Å². The number of unbranched alkanes of at least 4 members (excludes halogenated alkanes) is 8. The number of rotatable bonds is 18. The monoisotopic (exact) mass is 496 g/mol. The molecule has 0 radical (unpaired) electrons. The van der Waals surface area contributed by atoms with Crippen LogP contribution in [0, 0.1) is 0 Å². The number of aliphatic hydroxyl groups excluding tert-OH is 1. The molecular weight excluding hydrogens is 444 g/mol. The molecule has 0 spiro atoms. The summed E-state index contributed by atoms with van der Waals surface area (Å²) in [6.07, 6.45) is 18.0. The lowest BCUT2D eigenvalue weighted by molar-refractivity contribution is -0.118. The molecule has 0 rings (SSSR count). The van der Waals surface area contributed by atoms with E-state index in [0.29, 0.717) is 6.42 Å². The Morgan fingerprint density at radius 3 is 1.97 bits per heavy atom. The lowest BCUT2D eigenvalue weighted by Gasteiger charge is -2.07. The SMILES string of the molecule is CCCCCCC(O)C/C=C\CCCCCCCC(N)=O.CCN(C)C.CCOS(=O)(=O)O. The van der Waals surface area contributed by atoms with Crippen LogP contribution in [0.25, 0.3) is 0 Å². The third kappa shape index (κ3) is 45.3. The summed E-state index contributed by atoms with van der Waals surface area (Å²) in [5, 5.41) is 9.80. The van der Waals surface area contributed by atoms with E-state index in [1.807, 2.05) is 0 Å². The van der Waals surface area contributed by atoms with Crippen LogP contribution < -0.4 is 5.73 Å². The van der Waals surface area contributed by atoms with Crippen molar-refractivity contribution in [1.29, 1.82) is 0 Å². The normalized spacial score (nSPS) is 12.1. The summed E-state index contributed by atoms with van der Waals surface area (Å²) in [5.74, 6) is -0.189. The molecule has 0 aliphatic heterocycles. The zero-order chi connectivity index (χ0) is 26.0. The summed E-state index contributed by atoms with van der Waals surface area (Å²) in [4.78, 5) is 12.7. The van der Waals surface area contributed by atoms with E-state index in [-0.39, 0.29) is 18.6 Å². The highest BCUT2D eigenvalue weighted by molar-refractivity contribution is 7.80. The van der Waals surface area contributed by atoms with Crippen LogP contribution in [0.15, 0.2) is 12.2 Å². The van der Waals surface area contributed by atoms with Gasteiger partial charge in [0.15, 0.2) is 0 Å². The maximum Gasteiger partial charge on any atom is 0.397 e. The summed E-state index contributed by atoms with van der Waals surface area (Å²) < 4.78 is 30.7. The molecule has 0 aromatic rings. The number of aliphatic hydroxyl groups is 1. The van der Waals surface area contributed by atoms with E-state index in [1.54, 1.807) is 0 Å². The summed E-state index contributed by atoms with van der Waals surface area (Å²) in [5.41, 5.74) is 5.09. The summed E-state index contributed by atoms with van der Waals surface area (Å²) >= 11 is 0. The van der Waals surface area contributed by atoms with Crippen LogP contribution in [0.3, 0.4) is 0 Å². The molecule has 0 saturated heterocycles. The Kier molecular flexibility index (Phi) is 30.2. The number of nitrogens with two attached hydrogens (primary N) is 1. The van der Waals surface area contributed by atoms with Gasteiger partial charge in [0.05, 0.1) is 12.7 Å². The Labute approximate surface area is 203 Å². The van der Waals surface area contributed by atoms with E-state index in [4.69, 9.17) is 10.3 Å². The molecule has 0 saturated carbocycles. The van der Waals surface area contributed by atoms with Gasteiger partial charge in [-0.3, -0.25) is 9.35 Å². The van der Waals surface area contributed by atoms with Gasteiger partial charge in [0.2, 0.25) is 5.91 Å². The topological polar surface area (TPSA) is 130 Å². The molecule has 0 aromatic carbocycles. The number of primary amides is 1. The van der Waals surface area contributed by atoms with Gasteiger partial charge < -0.3 is 15.7 Å². The number of allylic oxidation sites excluding steroid dienone is 1. The highest BCUT2D eigenvalue weighted by Crippen LogP contribution is 2.10. The van der Waals surface area contributed by atoms with Gasteiger partial charge in [-0.25, -0.2) is 4.18 Å². The zero-order valence-corrected chi connectivity index (χ0v) is 22.6. The number of nitrogens with zero attached hydrogens (tertiary/aromatic N) is 1. The summed E-state index contributed by atoms with van der Waals surface area (Å²) in [7, 11) is -0.0631. The van der Waals surface area contributed by atoms with Crippen molar-refractivity contribution in [2.24, 2.45) is 5.73 Å². The van der Waals surface area contributed by atoms with E-state index in [2.05, 4.69) is 49.2 Å². The maximum absolute atomic E-state index is 10.6. The largest absolute Gasteiger partial charge is 0.397 e. The number of hydrogen-bond donors (Lipinski definition) is 3. The quantitative estimate of drug-likeness (QED) is 0.140. The second-order valence-corrected chi connectivity index (χ2v) is 9.30. The van der Waals surface area contributed by atoms with Gasteiger partial charge in [-0.15, -0.1) is 0 Å². The zero-order valence-electron chi connectivity index (χ0n) is 21.8. The minimum atomic E-state index is -4.17. The third-order valence-corrected chi connectivity index (χ3v) is 5.19. The molecular formula is C24H52N2O6S. The molecule has 1 amide bonds. The average molecular weight is 497 g/mol. The van der Waals surface area contributed by atoms with Crippen LogP contribution in [0.2, 0.25) is 0 Å². The first-order valence-electron chi connectivity index (χ1n) is 12.4. The van der Waals surface area contributed by atoms with Gasteiger partial charge in [-0.2, -0.15) is 8.42 Å². The Morgan fingerprint density at radius 2 is 1.52 bits per heavy atom. The van der Waals surface area contributed by atoms with Crippen LogP contribution in [0.4, 0.5) is 0 Å². The van der Waals surface area contributed by atoms with Crippen LogP contribution in [0.1, 0.15) is 104 Å². The van der Waals surface area contributed by atoms with Crippen molar-refractivity contribution in [3.8, 4) is 0 Å². The minimum Gasteiger partial charge on any atom is -0.393 e. The van der Waals surface area contributed by atoms with E-state index >= 15 is 0 Å². The van der Waals surface area contributed by atoms with Crippen molar-refractivity contribution in [2.45, 2.75) is 110 Å². The molecule has 0 aliphatic rings. The Balaban J connectivity index is -0.000000612. The first-order valence-corrected chi connectivity index (χ1v) is 13.7.